The van der Waals surface area contributed by atoms with Gasteiger partial charge in [0.15, 0.2) is 5.69 Å². The third-order valence-corrected chi connectivity index (χ3v) is 6.08. The zero-order valence-electron chi connectivity index (χ0n) is 18.1. The van der Waals surface area contributed by atoms with Crippen LogP contribution in [0, 0.1) is 0 Å². The molecule has 13 heteroatoms. The normalized spacial score (nSPS) is 14.9. The standard InChI is InChI=1S/C17H18ClF3N4O2.C4H3ClN2/c1-27-14-10-12(2-3-13(14)18)23-6-8-24(9-7-23)16(26)11-25-5-4-15(22-25)17(19,20)21;5-3-1-6-7-2-4(3)7/h2-5,10H,6-9,11H2,1H3;1H,2H2. The Kier molecular flexibility index (Phi) is 6.94. The molecule has 2 aromatic heterocycles. The van der Waals surface area contributed by atoms with Gasteiger partial charge in [-0.15, -0.1) is 0 Å². The Morgan fingerprint density at radius 1 is 1.12 bits per heavy atom. The molecule has 0 bridgehead atoms. The minimum Gasteiger partial charge on any atom is -0.495 e. The van der Waals surface area contributed by atoms with E-state index in [9.17, 15) is 18.0 Å². The highest BCUT2D eigenvalue weighted by molar-refractivity contribution is 6.32. The molecule has 0 aliphatic carbocycles. The number of alkyl halides is 3. The first-order valence-corrected chi connectivity index (χ1v) is 11.1. The van der Waals surface area contributed by atoms with E-state index in [1.54, 1.807) is 24.3 Å². The van der Waals surface area contributed by atoms with Crippen LogP contribution in [0.5, 0.6) is 5.75 Å². The third kappa shape index (κ3) is 5.58. The second-order valence-electron chi connectivity index (χ2n) is 7.68. The van der Waals surface area contributed by atoms with Crippen LogP contribution >= 0.6 is 23.2 Å². The molecule has 0 radical (unpaired) electrons. The number of hydrogen-bond acceptors (Lipinski definition) is 5. The smallest absolute Gasteiger partial charge is 0.435 e. The summed E-state index contributed by atoms with van der Waals surface area (Å²) in [5.41, 5.74) is 1.10. The number of carbonyl (C=O) groups is 1. The predicted molar refractivity (Wildman–Crippen MR) is 120 cm³/mol. The highest BCUT2D eigenvalue weighted by atomic mass is 35.5. The monoisotopic (exact) mass is 516 g/mol. The largest absolute Gasteiger partial charge is 0.495 e. The molecule has 1 saturated heterocycles. The van der Waals surface area contributed by atoms with Gasteiger partial charge in [-0.1, -0.05) is 23.2 Å². The first kappa shape index (κ1) is 24.2. The van der Waals surface area contributed by atoms with Crippen LogP contribution in [0.3, 0.4) is 0 Å². The van der Waals surface area contributed by atoms with Gasteiger partial charge < -0.3 is 14.5 Å². The van der Waals surface area contributed by atoms with Gasteiger partial charge in [-0.3, -0.25) is 14.2 Å². The van der Waals surface area contributed by atoms with Crippen LogP contribution in [0.4, 0.5) is 18.9 Å². The lowest BCUT2D eigenvalue weighted by Gasteiger charge is -2.36. The van der Waals surface area contributed by atoms with Gasteiger partial charge >= 0.3 is 6.18 Å². The van der Waals surface area contributed by atoms with Crippen LogP contribution in [0.1, 0.15) is 11.4 Å². The fourth-order valence-corrected chi connectivity index (χ4v) is 3.91. The Hall–Kier alpha value is -2.92. The summed E-state index contributed by atoms with van der Waals surface area (Å²) in [6.45, 7) is 2.88. The molecule has 3 aromatic rings. The number of nitrogens with zero attached hydrogens (tertiary/aromatic N) is 6. The van der Waals surface area contributed by atoms with Crippen LogP contribution < -0.4 is 9.64 Å². The van der Waals surface area contributed by atoms with Crippen LogP contribution in [-0.4, -0.2) is 63.7 Å². The van der Waals surface area contributed by atoms with Crippen molar-refractivity contribution in [2.75, 3.05) is 38.2 Å². The van der Waals surface area contributed by atoms with Crippen molar-refractivity contribution in [2.24, 2.45) is 0 Å². The summed E-state index contributed by atoms with van der Waals surface area (Å²) in [6.07, 6.45) is -1.68. The van der Waals surface area contributed by atoms with Gasteiger partial charge in [0.05, 0.1) is 35.6 Å². The quantitative estimate of drug-likeness (QED) is 0.412. The molecule has 182 valence electrons. The molecule has 1 aromatic carbocycles. The number of carbonyl (C=O) groups excluding carboxylic acids is 1. The van der Waals surface area contributed by atoms with Crippen LogP contribution in [0.2, 0.25) is 10.0 Å². The van der Waals surface area contributed by atoms with Gasteiger partial charge in [-0.25, -0.2) is 0 Å². The maximum atomic E-state index is 12.6. The van der Waals surface area contributed by atoms with E-state index < -0.39 is 11.9 Å². The van der Waals surface area contributed by atoms with Crippen molar-refractivity contribution in [3.05, 3.63) is 58.1 Å². The lowest BCUT2D eigenvalue weighted by atomic mass is 10.2. The van der Waals surface area contributed by atoms with Crippen molar-refractivity contribution in [3.63, 3.8) is 0 Å². The SMILES string of the molecule is COc1cc(N2CCN(C(=O)Cn3ccc(C(F)(F)F)n3)CC2)ccc1Cl.Clc1cnn2c1C2. The zero-order valence-corrected chi connectivity index (χ0v) is 19.6. The van der Waals surface area contributed by atoms with E-state index in [0.29, 0.717) is 37.0 Å². The van der Waals surface area contributed by atoms with Crippen molar-refractivity contribution >= 4 is 34.8 Å². The predicted octanol–water partition coefficient (Wildman–Crippen LogP) is 3.81. The first-order chi connectivity index (χ1) is 16.2. The number of fused-ring (bicyclic) bond motifs is 1. The molecule has 0 saturated carbocycles. The second-order valence-corrected chi connectivity index (χ2v) is 8.49. The number of anilines is 1. The molecule has 2 aliphatic heterocycles. The van der Waals surface area contributed by atoms with Gasteiger partial charge in [-0.2, -0.15) is 23.4 Å². The van der Waals surface area contributed by atoms with Crippen LogP contribution in [-0.2, 0) is 24.1 Å². The Morgan fingerprint density at radius 2 is 1.85 bits per heavy atom. The Bertz CT molecular complexity index is 1170. The first-order valence-electron chi connectivity index (χ1n) is 10.3. The van der Waals surface area contributed by atoms with E-state index >= 15 is 0 Å². The molecule has 0 N–H and O–H groups in total. The molecule has 0 unspecified atom stereocenters. The average Bonchev–Trinajstić information content (AvgIpc) is 3.28. The Balaban J connectivity index is 0.000000328. The lowest BCUT2D eigenvalue weighted by molar-refractivity contribution is -0.142. The summed E-state index contributed by atoms with van der Waals surface area (Å²) in [5.74, 6) is 0.312. The van der Waals surface area contributed by atoms with Crippen molar-refractivity contribution in [1.82, 2.24) is 24.5 Å². The van der Waals surface area contributed by atoms with Gasteiger partial charge in [0, 0.05) is 44.1 Å². The zero-order chi connectivity index (χ0) is 24.5. The summed E-state index contributed by atoms with van der Waals surface area (Å²) in [7, 11) is 1.54. The van der Waals surface area contributed by atoms with Crippen molar-refractivity contribution in [3.8, 4) is 5.75 Å². The number of ether oxygens (including phenoxy) is 1. The van der Waals surface area contributed by atoms with Crippen molar-refractivity contribution in [2.45, 2.75) is 19.3 Å². The molecule has 34 heavy (non-hydrogen) atoms. The van der Waals surface area contributed by atoms with Crippen molar-refractivity contribution < 1.29 is 22.7 Å². The highest BCUT2D eigenvalue weighted by Crippen LogP contribution is 2.30. The number of methoxy groups -OCH3 is 1. The fraction of sp³-hybridized carbons (Fsp3) is 0.381. The number of hydrogen-bond donors (Lipinski definition) is 0. The number of halogens is 5. The number of aromatic nitrogens is 4. The summed E-state index contributed by atoms with van der Waals surface area (Å²) in [5, 5.41) is 8.63. The van der Waals surface area contributed by atoms with E-state index in [1.165, 1.54) is 5.69 Å². The highest BCUT2D eigenvalue weighted by Gasteiger charge is 2.34. The molecule has 0 spiro atoms. The molecule has 0 atom stereocenters. The van der Waals surface area contributed by atoms with E-state index in [-0.39, 0.29) is 12.5 Å². The number of amides is 1. The minimum absolute atomic E-state index is 0.217. The lowest BCUT2D eigenvalue weighted by Crippen LogP contribution is -2.49. The molecule has 8 nitrogen and oxygen atoms in total. The van der Waals surface area contributed by atoms with Crippen LogP contribution in [0.25, 0.3) is 0 Å². The minimum atomic E-state index is -4.51. The van der Waals surface area contributed by atoms with E-state index in [2.05, 4.69) is 15.1 Å². The summed E-state index contributed by atoms with van der Waals surface area (Å²) >= 11 is 11.6. The van der Waals surface area contributed by atoms with Gasteiger partial charge in [0.25, 0.3) is 0 Å². The van der Waals surface area contributed by atoms with Gasteiger partial charge in [0.2, 0.25) is 5.91 Å². The molecule has 1 amide bonds. The fourth-order valence-electron chi connectivity index (χ4n) is 3.51. The second kappa shape index (κ2) is 9.75. The van der Waals surface area contributed by atoms with E-state index in [4.69, 9.17) is 27.9 Å². The third-order valence-electron chi connectivity index (χ3n) is 5.45. The summed E-state index contributed by atoms with van der Waals surface area (Å²) < 4.78 is 45.8. The Morgan fingerprint density at radius 3 is 2.35 bits per heavy atom. The van der Waals surface area contributed by atoms with E-state index in [0.717, 1.165) is 34.2 Å². The molecule has 5 rings (SSSR count). The molecule has 2 aliphatic rings. The summed E-state index contributed by atoms with van der Waals surface area (Å²) in [6, 6.07) is 6.33. The Labute approximate surface area is 203 Å². The molecular formula is C21H21Cl2F3N6O2. The number of rotatable bonds is 4. The summed E-state index contributed by atoms with van der Waals surface area (Å²) in [4.78, 5) is 16.1. The maximum Gasteiger partial charge on any atom is 0.435 e. The van der Waals surface area contributed by atoms with Crippen LogP contribution in [0.15, 0.2) is 36.7 Å². The molecule has 4 heterocycles. The van der Waals surface area contributed by atoms with E-state index in [1.807, 2.05) is 16.8 Å². The van der Waals surface area contributed by atoms with Crippen molar-refractivity contribution in [1.29, 1.82) is 0 Å². The molecule has 1 fully saturated rings. The number of piperazine rings is 1. The van der Waals surface area contributed by atoms with Gasteiger partial charge in [-0.05, 0) is 18.2 Å². The van der Waals surface area contributed by atoms with Gasteiger partial charge in [0.1, 0.15) is 12.3 Å². The average molecular weight is 517 g/mol. The maximum absolute atomic E-state index is 12.6. The topological polar surface area (TPSA) is 68.4 Å². The number of benzene rings is 1. The molecular weight excluding hydrogens is 496 g/mol.